The Labute approximate surface area is 236 Å². The Hall–Kier alpha value is -0.483. The molecule has 0 fully saturated rings. The number of benzene rings is 2. The van der Waals surface area contributed by atoms with Gasteiger partial charge in [-0.2, -0.15) is 6.08 Å². The van der Waals surface area contributed by atoms with Gasteiger partial charge in [-0.1, -0.05) is 49.5 Å². The van der Waals surface area contributed by atoms with Gasteiger partial charge in [0.25, 0.3) is 0 Å². The van der Waals surface area contributed by atoms with Crippen LogP contribution < -0.4 is 24.8 Å². The topological polar surface area (TPSA) is 9.23 Å². The van der Waals surface area contributed by atoms with Gasteiger partial charge in [-0.25, -0.2) is 11.3 Å². The summed E-state index contributed by atoms with van der Waals surface area (Å²) >= 11 is 1.55. The summed E-state index contributed by atoms with van der Waals surface area (Å²) < 4.78 is 7.44. The fourth-order valence-corrected chi connectivity index (χ4v) is 6.50. The van der Waals surface area contributed by atoms with Gasteiger partial charge in [0.15, 0.2) is 8.32 Å². The van der Waals surface area contributed by atoms with Crippen LogP contribution >= 0.6 is 0 Å². The molecule has 0 N–H and O–H groups in total. The fraction of sp³-hybridized carbons (Fsp3) is 0.357. The van der Waals surface area contributed by atoms with E-state index in [9.17, 15) is 0 Å². The van der Waals surface area contributed by atoms with E-state index in [0.29, 0.717) is 0 Å². The Bertz CT molecular complexity index is 1040. The van der Waals surface area contributed by atoms with Gasteiger partial charge in [-0.3, -0.25) is 6.08 Å². The van der Waals surface area contributed by atoms with Crippen molar-refractivity contribution in [1.29, 1.82) is 0 Å². The molecule has 1 aliphatic rings. The number of allylic oxidation sites excluding steroid dienone is 4. The number of hydrogen-bond acceptors (Lipinski definition) is 1. The second-order valence-electron chi connectivity index (χ2n) is 10.1. The maximum atomic E-state index is 5.94. The molecule has 3 aromatic carbocycles. The van der Waals surface area contributed by atoms with E-state index < -0.39 is 16.4 Å². The summed E-state index contributed by atoms with van der Waals surface area (Å²) in [6.45, 7) is 16.8. The summed E-state index contributed by atoms with van der Waals surface area (Å²) in [5.74, 6) is 0. The van der Waals surface area contributed by atoms with Crippen LogP contribution in [-0.2, 0) is 28.7 Å². The van der Waals surface area contributed by atoms with Crippen molar-refractivity contribution in [3.8, 4) is 0 Å². The van der Waals surface area contributed by atoms with Gasteiger partial charge in [-0.15, -0.1) is 46.2 Å². The average molecular weight is 609 g/mol. The molecule has 0 saturated carbocycles. The van der Waals surface area contributed by atoms with Crippen molar-refractivity contribution in [3.05, 3.63) is 78.0 Å². The van der Waals surface area contributed by atoms with Gasteiger partial charge >= 0.3 is 41.3 Å². The number of hydrogen-bond donors (Lipinski definition) is 0. The molecule has 3 aromatic rings. The van der Waals surface area contributed by atoms with Crippen molar-refractivity contribution >= 4 is 41.1 Å². The molecule has 6 heteroatoms. The van der Waals surface area contributed by atoms with Crippen molar-refractivity contribution in [2.24, 2.45) is 0 Å². The Balaban J connectivity index is 0.000000529. The zero-order chi connectivity index (χ0) is 23.8. The van der Waals surface area contributed by atoms with E-state index in [1.165, 1.54) is 30.8 Å². The Morgan fingerprint density at radius 1 is 0.912 bits per heavy atom. The van der Waals surface area contributed by atoms with E-state index >= 15 is 0 Å². The van der Waals surface area contributed by atoms with Crippen LogP contribution in [0.4, 0.5) is 0 Å². The molecule has 0 amide bonds. The second-order valence-corrected chi connectivity index (χ2v) is 21.9. The largest absolute Gasteiger partial charge is 1.00 e. The SMILES string of the molecule is C[C](C)=[Zr+2].C[Si](C)(C)OCC[Si](C)(C)C1=CC[C-]=C1.[Cl-].[Cl-].c1ccc2c(c1)[cH-]c1ccccc12. The quantitative estimate of drug-likeness (QED) is 0.319. The van der Waals surface area contributed by atoms with Crippen molar-refractivity contribution < 1.29 is 53.5 Å². The minimum absolute atomic E-state index is 0. The van der Waals surface area contributed by atoms with Crippen LogP contribution in [0.2, 0.25) is 38.8 Å². The Morgan fingerprint density at radius 2 is 1.38 bits per heavy atom. The maximum Gasteiger partial charge on any atom is 0.183 e. The monoisotopic (exact) mass is 606 g/mol. The fourth-order valence-electron chi connectivity index (χ4n) is 3.53. The summed E-state index contributed by atoms with van der Waals surface area (Å²) in [5, 5.41) is 6.95. The molecule has 0 radical (unpaired) electrons. The molecule has 1 aliphatic carbocycles. The number of fused-ring (bicyclic) bond motifs is 3. The van der Waals surface area contributed by atoms with Crippen molar-refractivity contribution in [2.45, 2.75) is 59.0 Å². The van der Waals surface area contributed by atoms with E-state index in [2.05, 4.69) is 119 Å². The van der Waals surface area contributed by atoms with E-state index in [-0.39, 0.29) is 24.8 Å². The summed E-state index contributed by atoms with van der Waals surface area (Å²) in [6, 6.07) is 20.5. The minimum Gasteiger partial charge on any atom is -1.00 e. The summed E-state index contributed by atoms with van der Waals surface area (Å²) in [6.07, 6.45) is 8.81. The predicted molar refractivity (Wildman–Crippen MR) is 146 cm³/mol. The van der Waals surface area contributed by atoms with Crippen LogP contribution in [0.15, 0.2) is 71.9 Å². The van der Waals surface area contributed by atoms with Crippen LogP contribution in [0.1, 0.15) is 20.3 Å². The Kier molecular flexibility index (Phi) is 15.4. The van der Waals surface area contributed by atoms with Crippen LogP contribution in [0, 0.1) is 6.08 Å². The maximum absolute atomic E-state index is 5.94. The van der Waals surface area contributed by atoms with Gasteiger partial charge in [0.1, 0.15) is 0 Å². The van der Waals surface area contributed by atoms with Crippen LogP contribution in [-0.4, -0.2) is 26.2 Å². The molecule has 1 nitrogen and oxygen atoms in total. The number of halogens is 2. The smallest absolute Gasteiger partial charge is 0.183 e. The van der Waals surface area contributed by atoms with E-state index in [1.807, 2.05) is 0 Å². The third kappa shape index (κ3) is 11.5. The van der Waals surface area contributed by atoms with Gasteiger partial charge in [0, 0.05) is 6.61 Å². The molecule has 0 spiro atoms. The van der Waals surface area contributed by atoms with Gasteiger partial charge in [0.05, 0.1) is 0 Å². The van der Waals surface area contributed by atoms with Gasteiger partial charge in [-0.05, 0) is 33.8 Å². The third-order valence-corrected chi connectivity index (χ3v) is 9.70. The summed E-state index contributed by atoms with van der Waals surface area (Å²) in [5.41, 5.74) is 0. The van der Waals surface area contributed by atoms with Gasteiger partial charge < -0.3 is 29.2 Å². The molecule has 0 unspecified atom stereocenters. The molecule has 0 aliphatic heterocycles. The van der Waals surface area contributed by atoms with Crippen LogP contribution in [0.3, 0.4) is 0 Å². The minimum atomic E-state index is -1.32. The van der Waals surface area contributed by atoms with E-state index in [1.54, 1.807) is 29.4 Å². The van der Waals surface area contributed by atoms with Crippen molar-refractivity contribution in [1.82, 2.24) is 0 Å². The van der Waals surface area contributed by atoms with Crippen molar-refractivity contribution in [3.63, 3.8) is 0 Å². The van der Waals surface area contributed by atoms with Crippen molar-refractivity contribution in [2.75, 3.05) is 6.61 Å². The number of rotatable bonds is 5. The Morgan fingerprint density at radius 3 is 1.79 bits per heavy atom. The molecule has 34 heavy (non-hydrogen) atoms. The van der Waals surface area contributed by atoms with E-state index in [4.69, 9.17) is 4.43 Å². The third-order valence-electron chi connectivity index (χ3n) is 5.26. The normalized spacial score (nSPS) is 12.6. The molecule has 184 valence electrons. The molecule has 0 saturated heterocycles. The molecule has 0 bridgehead atoms. The van der Waals surface area contributed by atoms with E-state index in [0.717, 1.165) is 13.0 Å². The molecule has 0 heterocycles. The molecule has 4 rings (SSSR count). The zero-order valence-corrected chi connectivity index (χ0v) is 27.6. The molecule has 0 atom stereocenters. The first-order valence-corrected chi connectivity index (χ1v) is 19.3. The summed E-state index contributed by atoms with van der Waals surface area (Å²) in [7, 11) is -2.55. The van der Waals surface area contributed by atoms with Crippen LogP contribution in [0.5, 0.6) is 0 Å². The molecular weight excluding hydrogens is 571 g/mol. The molecular formula is C28H38Cl2OSi2Zr-2. The average Bonchev–Trinajstić information content (AvgIpc) is 3.35. The molecule has 0 aromatic heterocycles. The standard InChI is InChI=1S/C13H9.C12H23OSi2.C3H6.2ClH.Zr/c1-3-7-12-10(5-1)9-11-6-2-4-8-13(11)12;1-14(2,3)13-10-11-15(4,5)12-8-6-7-9-12;1-3-2;;;/h1-9H;8-9H,6,10-11H2,1-5H3;1-2H3;2*1H;/q2*-1;;;;+2/p-2. The first-order chi connectivity index (χ1) is 15.0. The summed E-state index contributed by atoms with van der Waals surface area (Å²) in [4.78, 5) is 0. The second kappa shape index (κ2) is 15.6. The first-order valence-electron chi connectivity index (χ1n) is 11.5. The van der Waals surface area contributed by atoms with Crippen LogP contribution in [0.25, 0.3) is 21.5 Å². The van der Waals surface area contributed by atoms with Gasteiger partial charge in [0.2, 0.25) is 0 Å². The predicted octanol–water partition coefficient (Wildman–Crippen LogP) is 2.24. The zero-order valence-electron chi connectivity index (χ0n) is 21.6. The first kappa shape index (κ1) is 33.5.